The fourth-order valence-electron chi connectivity index (χ4n) is 12.6. The summed E-state index contributed by atoms with van der Waals surface area (Å²) < 4.78 is 6.22. The van der Waals surface area contributed by atoms with Crippen molar-refractivity contribution in [3.63, 3.8) is 0 Å². The van der Waals surface area contributed by atoms with E-state index in [1.165, 1.54) is 5.57 Å². The van der Waals surface area contributed by atoms with Crippen molar-refractivity contribution in [1.82, 2.24) is 0 Å². The van der Waals surface area contributed by atoms with Crippen LogP contribution in [0.2, 0.25) is 0 Å². The number of ketones is 2. The number of ether oxygens (including phenoxy) is 1. The van der Waals surface area contributed by atoms with E-state index in [1.807, 2.05) is 20.8 Å². The second kappa shape index (κ2) is 11.0. The molecule has 0 radical (unpaired) electrons. The van der Waals surface area contributed by atoms with Crippen LogP contribution in [0.4, 0.5) is 0 Å². The summed E-state index contributed by atoms with van der Waals surface area (Å²) in [5, 5.41) is 9.29. The molecule has 0 amide bonds. The number of Topliss-reactive ketones (excluding diaryl/α,β-unsaturated/α-hetero) is 2. The van der Waals surface area contributed by atoms with Gasteiger partial charge >= 0.3 is 11.9 Å². The van der Waals surface area contributed by atoms with Crippen LogP contribution in [0, 0.1) is 56.2 Å². The highest BCUT2D eigenvalue weighted by Gasteiger charge is 2.70. The van der Waals surface area contributed by atoms with E-state index in [0.29, 0.717) is 24.7 Å². The van der Waals surface area contributed by atoms with E-state index in [-0.39, 0.29) is 70.0 Å². The Morgan fingerprint density at radius 1 is 0.889 bits per heavy atom. The average molecular weight is 625 g/mol. The lowest BCUT2D eigenvalue weighted by atomic mass is 9.33. The molecule has 5 aliphatic carbocycles. The third-order valence-electron chi connectivity index (χ3n) is 14.8. The molecule has 0 spiro atoms. The number of hydrogen-bond acceptors (Lipinski definition) is 5. The molecule has 0 aliphatic heterocycles. The Morgan fingerprint density at radius 2 is 1.56 bits per heavy atom. The van der Waals surface area contributed by atoms with E-state index in [2.05, 4.69) is 48.5 Å². The van der Waals surface area contributed by atoms with Crippen molar-refractivity contribution in [2.45, 2.75) is 152 Å². The Hall–Kier alpha value is -1.98. The van der Waals surface area contributed by atoms with Crippen LogP contribution in [-0.2, 0) is 23.9 Å². The molecule has 45 heavy (non-hydrogen) atoms. The first-order chi connectivity index (χ1) is 20.7. The molecule has 4 fully saturated rings. The van der Waals surface area contributed by atoms with E-state index in [4.69, 9.17) is 4.74 Å². The molecule has 0 bridgehead atoms. The highest BCUT2D eigenvalue weighted by Crippen LogP contribution is 2.76. The fourth-order valence-corrected chi connectivity index (χ4v) is 12.6. The average Bonchev–Trinajstić information content (AvgIpc) is 3.22. The highest BCUT2D eigenvalue weighted by molar-refractivity contribution is 6.07. The van der Waals surface area contributed by atoms with Gasteiger partial charge in [-0.25, -0.2) is 0 Å². The first-order valence-electron chi connectivity index (χ1n) is 17.9. The van der Waals surface area contributed by atoms with Crippen LogP contribution in [0.1, 0.15) is 146 Å². The maximum absolute atomic E-state index is 13.7. The molecule has 5 aliphatic rings. The van der Waals surface area contributed by atoms with Crippen LogP contribution in [0.25, 0.3) is 0 Å². The van der Waals surface area contributed by atoms with Gasteiger partial charge in [-0.1, -0.05) is 69.2 Å². The standard InChI is InChI=1S/C39H60O6/c1-11-28(41)39-19-18-37(9)24(33(39)32(23(2)3)25(40)20-39)12-13-27-36(8)16-15-29(35(6,7)26(36)14-17-38(27,37)10)45-31(44)22-34(4,5)21-30(42)43/h23-24,26-27,29H,11-22H2,1-10H3,(H,42,43)/t24-,26+,27-,29+,36+,37-,38-,39+/m1/s1. The lowest BCUT2D eigenvalue weighted by molar-refractivity contribution is -0.233. The van der Waals surface area contributed by atoms with Crippen molar-refractivity contribution in [3.05, 3.63) is 11.1 Å². The van der Waals surface area contributed by atoms with E-state index in [9.17, 15) is 24.3 Å². The summed E-state index contributed by atoms with van der Waals surface area (Å²) in [4.78, 5) is 51.8. The van der Waals surface area contributed by atoms with Gasteiger partial charge in [0.15, 0.2) is 5.78 Å². The van der Waals surface area contributed by atoms with Crippen LogP contribution in [0.15, 0.2) is 11.1 Å². The zero-order valence-electron chi connectivity index (χ0n) is 29.9. The number of carbonyl (C=O) groups is 4. The Balaban J connectivity index is 1.44. The van der Waals surface area contributed by atoms with Gasteiger partial charge in [-0.2, -0.15) is 0 Å². The summed E-state index contributed by atoms with van der Waals surface area (Å²) in [7, 11) is 0. The molecule has 6 nitrogen and oxygen atoms in total. The number of carboxylic acids is 1. The van der Waals surface area contributed by atoms with Crippen LogP contribution < -0.4 is 0 Å². The van der Waals surface area contributed by atoms with Crippen LogP contribution >= 0.6 is 0 Å². The van der Waals surface area contributed by atoms with Crippen molar-refractivity contribution in [1.29, 1.82) is 0 Å². The monoisotopic (exact) mass is 624 g/mol. The van der Waals surface area contributed by atoms with Crippen LogP contribution in [0.5, 0.6) is 0 Å². The quantitative estimate of drug-likeness (QED) is 0.271. The van der Waals surface area contributed by atoms with Crippen molar-refractivity contribution in [2.75, 3.05) is 0 Å². The summed E-state index contributed by atoms with van der Waals surface area (Å²) in [6, 6.07) is 0. The van der Waals surface area contributed by atoms with E-state index >= 15 is 0 Å². The Labute approximate surface area is 271 Å². The normalized spacial score (nSPS) is 40.7. The Bertz CT molecular complexity index is 1300. The number of carbonyl (C=O) groups excluding carboxylic acids is 3. The second-order valence-electron chi connectivity index (χ2n) is 18.3. The molecule has 0 aromatic rings. The maximum Gasteiger partial charge on any atom is 0.306 e. The number of hydrogen-bond donors (Lipinski definition) is 1. The predicted octanol–water partition coefficient (Wildman–Crippen LogP) is 8.75. The van der Waals surface area contributed by atoms with Gasteiger partial charge in [0, 0.05) is 18.3 Å². The molecule has 8 atom stereocenters. The second-order valence-corrected chi connectivity index (χ2v) is 18.3. The van der Waals surface area contributed by atoms with Gasteiger partial charge in [-0.3, -0.25) is 19.2 Å². The molecule has 0 aromatic carbocycles. The number of esters is 1. The predicted molar refractivity (Wildman–Crippen MR) is 175 cm³/mol. The molecule has 252 valence electrons. The first-order valence-corrected chi connectivity index (χ1v) is 17.9. The van der Waals surface area contributed by atoms with Crippen molar-refractivity contribution in [3.8, 4) is 0 Å². The molecular weight excluding hydrogens is 564 g/mol. The lowest BCUT2D eigenvalue weighted by Crippen LogP contribution is -2.66. The first kappa shape index (κ1) is 34.4. The largest absolute Gasteiger partial charge is 0.481 e. The summed E-state index contributed by atoms with van der Waals surface area (Å²) in [6.07, 6.45) is 8.68. The SMILES string of the molecule is CCC(=O)[C@@]12CC[C@]3(C)[C@H](CC[C@@H]4[C@@]5(C)CC[C@H](OC(=O)CC(C)(C)CC(=O)O)C(C)(C)[C@@H]5CC[C@]43C)C1=C(C(C)C)C(=O)C2. The molecule has 0 heterocycles. The Morgan fingerprint density at radius 3 is 2.16 bits per heavy atom. The molecule has 0 aromatic heterocycles. The highest BCUT2D eigenvalue weighted by atomic mass is 16.5. The smallest absolute Gasteiger partial charge is 0.306 e. The molecule has 1 N–H and O–H groups in total. The number of aliphatic carboxylic acids is 1. The molecule has 6 heteroatoms. The number of allylic oxidation sites excluding steroid dienone is 2. The van der Waals surface area contributed by atoms with Crippen LogP contribution in [-0.4, -0.2) is 34.7 Å². The van der Waals surface area contributed by atoms with Crippen molar-refractivity contribution < 1.29 is 29.0 Å². The zero-order valence-corrected chi connectivity index (χ0v) is 29.9. The molecule has 0 unspecified atom stereocenters. The van der Waals surface area contributed by atoms with Crippen molar-refractivity contribution in [2.24, 2.45) is 56.2 Å². The molecule has 4 saturated carbocycles. The molecular formula is C39H60O6. The van der Waals surface area contributed by atoms with E-state index in [0.717, 1.165) is 56.9 Å². The lowest BCUT2D eigenvalue weighted by Gasteiger charge is -2.72. The Kier molecular flexibility index (Phi) is 8.43. The van der Waals surface area contributed by atoms with Gasteiger partial charge in [0.1, 0.15) is 11.9 Å². The van der Waals surface area contributed by atoms with Crippen LogP contribution in [0.3, 0.4) is 0 Å². The fraction of sp³-hybridized carbons (Fsp3) is 0.846. The summed E-state index contributed by atoms with van der Waals surface area (Å²) in [6.45, 7) is 22.0. The minimum absolute atomic E-state index is 0.0185. The van der Waals surface area contributed by atoms with E-state index < -0.39 is 16.8 Å². The molecule has 5 rings (SSSR count). The number of rotatable bonds is 8. The third-order valence-corrected chi connectivity index (χ3v) is 14.8. The summed E-state index contributed by atoms with van der Waals surface area (Å²) in [5.74, 6) is 0.633. The minimum Gasteiger partial charge on any atom is -0.481 e. The van der Waals surface area contributed by atoms with Crippen molar-refractivity contribution >= 4 is 23.5 Å². The molecule has 0 saturated heterocycles. The van der Waals surface area contributed by atoms with Gasteiger partial charge in [0.05, 0.1) is 18.3 Å². The topological polar surface area (TPSA) is 97.7 Å². The third kappa shape index (κ3) is 5.00. The minimum atomic E-state index is -0.896. The summed E-state index contributed by atoms with van der Waals surface area (Å²) in [5.41, 5.74) is 1.01. The summed E-state index contributed by atoms with van der Waals surface area (Å²) >= 11 is 0. The van der Waals surface area contributed by atoms with Gasteiger partial charge in [-0.05, 0) is 108 Å². The number of fused-ring (bicyclic) bond motifs is 7. The van der Waals surface area contributed by atoms with Gasteiger partial charge < -0.3 is 9.84 Å². The van der Waals surface area contributed by atoms with E-state index in [1.54, 1.807) is 0 Å². The van der Waals surface area contributed by atoms with Gasteiger partial charge in [0.2, 0.25) is 0 Å². The zero-order chi connectivity index (χ0) is 33.5. The maximum atomic E-state index is 13.7. The number of carboxylic acid groups (broad SMARTS) is 1. The van der Waals surface area contributed by atoms with Gasteiger partial charge in [-0.15, -0.1) is 0 Å². The van der Waals surface area contributed by atoms with Gasteiger partial charge in [0.25, 0.3) is 0 Å².